The number of benzene rings is 1. The molecule has 0 radical (unpaired) electrons. The second-order valence-electron chi connectivity index (χ2n) is 5.78. The van der Waals surface area contributed by atoms with Crippen LogP contribution < -0.4 is 5.32 Å². The van der Waals surface area contributed by atoms with E-state index in [2.05, 4.69) is 36.5 Å². The van der Waals surface area contributed by atoms with Gasteiger partial charge >= 0.3 is 0 Å². The zero-order valence-electron chi connectivity index (χ0n) is 12.5. The fourth-order valence-corrected chi connectivity index (χ4v) is 3.03. The molecule has 106 valence electrons. The van der Waals surface area contributed by atoms with E-state index in [-0.39, 0.29) is 5.60 Å². The summed E-state index contributed by atoms with van der Waals surface area (Å²) in [5, 5.41) is 3.45. The predicted octanol–water partition coefficient (Wildman–Crippen LogP) is 3.86. The van der Waals surface area contributed by atoms with Gasteiger partial charge in [-0.15, -0.1) is 0 Å². The lowest BCUT2D eigenvalue weighted by Crippen LogP contribution is -2.42. The first-order chi connectivity index (χ1) is 9.23. The van der Waals surface area contributed by atoms with Gasteiger partial charge < -0.3 is 10.1 Å². The summed E-state index contributed by atoms with van der Waals surface area (Å²) in [5.41, 5.74) is 2.94. The summed E-state index contributed by atoms with van der Waals surface area (Å²) < 4.78 is 5.75. The van der Waals surface area contributed by atoms with Gasteiger partial charge in [0.1, 0.15) is 0 Å². The number of nitrogens with one attached hydrogen (secondary N) is 1. The minimum atomic E-state index is 0.121. The molecule has 1 aromatic rings. The van der Waals surface area contributed by atoms with Crippen molar-refractivity contribution in [3.05, 3.63) is 35.4 Å². The molecule has 2 rings (SSSR count). The number of aryl methyl sites for hydroxylation is 1. The van der Waals surface area contributed by atoms with Gasteiger partial charge in [-0.3, -0.25) is 0 Å². The van der Waals surface area contributed by atoms with Crippen molar-refractivity contribution in [2.24, 2.45) is 0 Å². The number of ether oxygens (including phenoxy) is 1. The van der Waals surface area contributed by atoms with E-state index >= 15 is 0 Å². The van der Waals surface area contributed by atoms with Gasteiger partial charge in [0.25, 0.3) is 0 Å². The lowest BCUT2D eigenvalue weighted by molar-refractivity contribution is -0.0834. The SMILES string of the molecule is CCCc1ccc(C(CC2(OC)CCC2)NC)cc1. The molecule has 0 heterocycles. The van der Waals surface area contributed by atoms with E-state index in [1.807, 2.05) is 14.2 Å². The van der Waals surface area contributed by atoms with Gasteiger partial charge in [-0.25, -0.2) is 0 Å². The van der Waals surface area contributed by atoms with Crippen molar-refractivity contribution in [1.82, 2.24) is 5.32 Å². The Bertz CT molecular complexity index is 375. The fraction of sp³-hybridized carbons (Fsp3) is 0.647. The first kappa shape index (κ1) is 14.5. The predicted molar refractivity (Wildman–Crippen MR) is 80.4 cm³/mol. The first-order valence-electron chi connectivity index (χ1n) is 7.54. The van der Waals surface area contributed by atoms with Crippen molar-refractivity contribution < 1.29 is 4.74 Å². The minimum absolute atomic E-state index is 0.121. The molecule has 0 amide bonds. The summed E-state index contributed by atoms with van der Waals surface area (Å²) in [6, 6.07) is 9.48. The molecular weight excluding hydrogens is 234 g/mol. The highest BCUT2D eigenvalue weighted by atomic mass is 16.5. The quantitative estimate of drug-likeness (QED) is 0.804. The average molecular weight is 261 g/mol. The number of methoxy groups -OCH3 is 1. The highest BCUT2D eigenvalue weighted by Gasteiger charge is 2.38. The molecule has 0 aliphatic heterocycles. The van der Waals surface area contributed by atoms with Crippen LogP contribution in [0.5, 0.6) is 0 Å². The Balaban J connectivity index is 2.04. The van der Waals surface area contributed by atoms with E-state index < -0.39 is 0 Å². The van der Waals surface area contributed by atoms with Crippen LogP contribution in [0.1, 0.15) is 56.2 Å². The Morgan fingerprint density at radius 1 is 1.26 bits per heavy atom. The topological polar surface area (TPSA) is 21.3 Å². The Morgan fingerprint density at radius 2 is 1.95 bits per heavy atom. The highest BCUT2D eigenvalue weighted by molar-refractivity contribution is 5.25. The van der Waals surface area contributed by atoms with E-state index in [4.69, 9.17) is 4.74 Å². The van der Waals surface area contributed by atoms with Crippen LogP contribution in [0.4, 0.5) is 0 Å². The third-order valence-electron chi connectivity index (χ3n) is 4.54. The van der Waals surface area contributed by atoms with Gasteiger partial charge in [-0.05, 0) is 50.3 Å². The molecule has 1 aromatic carbocycles. The third-order valence-corrected chi connectivity index (χ3v) is 4.54. The van der Waals surface area contributed by atoms with Crippen molar-refractivity contribution in [3.63, 3.8) is 0 Å². The van der Waals surface area contributed by atoms with Gasteiger partial charge in [0.2, 0.25) is 0 Å². The molecule has 0 bridgehead atoms. The number of hydrogen-bond acceptors (Lipinski definition) is 2. The molecule has 19 heavy (non-hydrogen) atoms. The van der Waals surface area contributed by atoms with Gasteiger partial charge in [0.15, 0.2) is 0 Å². The largest absolute Gasteiger partial charge is 0.378 e. The molecule has 1 aliphatic rings. The minimum Gasteiger partial charge on any atom is -0.378 e. The molecule has 1 unspecified atom stereocenters. The van der Waals surface area contributed by atoms with E-state index in [0.29, 0.717) is 6.04 Å². The Morgan fingerprint density at radius 3 is 2.37 bits per heavy atom. The van der Waals surface area contributed by atoms with Crippen LogP contribution in [-0.4, -0.2) is 19.8 Å². The van der Waals surface area contributed by atoms with Crippen molar-refractivity contribution in [2.75, 3.05) is 14.2 Å². The van der Waals surface area contributed by atoms with Gasteiger partial charge in [-0.2, -0.15) is 0 Å². The Hall–Kier alpha value is -0.860. The fourth-order valence-electron chi connectivity index (χ4n) is 3.03. The molecule has 1 aliphatic carbocycles. The second kappa shape index (κ2) is 6.53. The zero-order valence-corrected chi connectivity index (χ0v) is 12.5. The summed E-state index contributed by atoms with van der Waals surface area (Å²) in [7, 11) is 3.91. The molecule has 0 saturated heterocycles. The van der Waals surface area contributed by atoms with E-state index in [1.54, 1.807) is 0 Å². The molecule has 0 aromatic heterocycles. The number of rotatable bonds is 7. The standard InChI is InChI=1S/C17H27NO/c1-4-6-14-7-9-15(10-8-14)16(18-2)13-17(19-3)11-5-12-17/h7-10,16,18H,4-6,11-13H2,1-3H3. The van der Waals surface area contributed by atoms with Gasteiger partial charge in [0.05, 0.1) is 5.60 Å². The van der Waals surface area contributed by atoms with Crippen LogP contribution in [0.3, 0.4) is 0 Å². The highest BCUT2D eigenvalue weighted by Crippen LogP contribution is 2.41. The third kappa shape index (κ3) is 3.37. The first-order valence-corrected chi connectivity index (χ1v) is 7.54. The van der Waals surface area contributed by atoms with Crippen molar-refractivity contribution in [3.8, 4) is 0 Å². The smallest absolute Gasteiger partial charge is 0.0697 e. The maximum atomic E-state index is 5.75. The summed E-state index contributed by atoms with van der Waals surface area (Å²) in [6.45, 7) is 2.23. The normalized spacial score (nSPS) is 18.9. The summed E-state index contributed by atoms with van der Waals surface area (Å²) in [5.74, 6) is 0. The molecule has 0 spiro atoms. The Labute approximate surface area is 117 Å². The Kier molecular flexibility index (Phi) is 5.00. The van der Waals surface area contributed by atoms with E-state index in [0.717, 1.165) is 6.42 Å². The molecular formula is C17H27NO. The van der Waals surface area contributed by atoms with Crippen LogP contribution >= 0.6 is 0 Å². The molecule has 1 atom stereocenters. The lowest BCUT2D eigenvalue weighted by Gasteiger charge is -2.43. The molecule has 1 saturated carbocycles. The van der Waals surface area contributed by atoms with Gasteiger partial charge in [-0.1, -0.05) is 37.6 Å². The molecule has 1 fully saturated rings. The maximum absolute atomic E-state index is 5.75. The summed E-state index contributed by atoms with van der Waals surface area (Å²) >= 11 is 0. The van der Waals surface area contributed by atoms with E-state index in [9.17, 15) is 0 Å². The van der Waals surface area contributed by atoms with Crippen LogP contribution in [0.25, 0.3) is 0 Å². The van der Waals surface area contributed by atoms with Crippen LogP contribution in [0.2, 0.25) is 0 Å². The van der Waals surface area contributed by atoms with Gasteiger partial charge in [0, 0.05) is 13.2 Å². The second-order valence-corrected chi connectivity index (χ2v) is 5.78. The summed E-state index contributed by atoms with van der Waals surface area (Å²) in [6.07, 6.45) is 7.17. The van der Waals surface area contributed by atoms with Crippen molar-refractivity contribution in [2.45, 2.75) is 57.1 Å². The van der Waals surface area contributed by atoms with Crippen LogP contribution in [0, 0.1) is 0 Å². The van der Waals surface area contributed by atoms with E-state index in [1.165, 1.54) is 43.2 Å². The van der Waals surface area contributed by atoms with Crippen LogP contribution in [-0.2, 0) is 11.2 Å². The molecule has 1 N–H and O–H groups in total. The molecule has 2 heteroatoms. The average Bonchev–Trinajstić information content (AvgIpc) is 2.40. The van der Waals surface area contributed by atoms with Crippen molar-refractivity contribution >= 4 is 0 Å². The van der Waals surface area contributed by atoms with Crippen molar-refractivity contribution in [1.29, 1.82) is 0 Å². The van der Waals surface area contributed by atoms with Crippen LogP contribution in [0.15, 0.2) is 24.3 Å². The monoisotopic (exact) mass is 261 g/mol. The molecule has 2 nitrogen and oxygen atoms in total. The number of hydrogen-bond donors (Lipinski definition) is 1. The maximum Gasteiger partial charge on any atom is 0.0697 e. The summed E-state index contributed by atoms with van der Waals surface area (Å²) in [4.78, 5) is 0. The zero-order chi connectivity index (χ0) is 13.7. The lowest BCUT2D eigenvalue weighted by atomic mass is 9.74.